The van der Waals surface area contributed by atoms with E-state index in [0.29, 0.717) is 24.3 Å². The van der Waals surface area contributed by atoms with E-state index in [9.17, 15) is 10.2 Å². The van der Waals surface area contributed by atoms with E-state index in [-0.39, 0.29) is 23.0 Å². The highest BCUT2D eigenvalue weighted by atomic mass is 16.3. The molecule has 7 atom stereocenters. The van der Waals surface area contributed by atoms with Gasteiger partial charge < -0.3 is 15.9 Å². The maximum absolute atomic E-state index is 11.4. The Morgan fingerprint density at radius 2 is 1.88 bits per heavy atom. The molecule has 0 aromatic rings. The molecule has 3 aliphatic carbocycles. The maximum Gasteiger partial charge on any atom is 0.0610 e. The third-order valence-electron chi connectivity index (χ3n) is 8.29. The van der Waals surface area contributed by atoms with Crippen LogP contribution in [0.3, 0.4) is 0 Å². The highest BCUT2D eigenvalue weighted by molar-refractivity contribution is 5.23. The molecule has 0 amide bonds. The smallest absolute Gasteiger partial charge is 0.0610 e. The average Bonchev–Trinajstić information content (AvgIpc) is 2.89. The van der Waals surface area contributed by atoms with E-state index in [1.165, 1.54) is 6.42 Å². The molecule has 3 heteroatoms. The molecule has 3 rings (SSSR count). The van der Waals surface area contributed by atoms with Crippen LogP contribution < -0.4 is 5.73 Å². The van der Waals surface area contributed by atoms with Gasteiger partial charge in [-0.1, -0.05) is 25.5 Å². The van der Waals surface area contributed by atoms with Crippen LogP contribution in [0, 0.1) is 28.6 Å². The summed E-state index contributed by atoms with van der Waals surface area (Å²) in [6, 6.07) is 0. The van der Waals surface area contributed by atoms with Gasteiger partial charge in [0.15, 0.2) is 0 Å². The summed E-state index contributed by atoms with van der Waals surface area (Å²) in [5.41, 5.74) is 7.77. The zero-order chi connectivity index (χ0) is 17.5. The summed E-state index contributed by atoms with van der Waals surface area (Å²) in [5, 5.41) is 21.5. The molecule has 3 fully saturated rings. The van der Waals surface area contributed by atoms with Crippen molar-refractivity contribution in [2.24, 2.45) is 34.3 Å². The minimum atomic E-state index is -0.207. The number of fused-ring (bicyclic) bond motifs is 1. The summed E-state index contributed by atoms with van der Waals surface area (Å²) < 4.78 is 0. The fourth-order valence-electron chi connectivity index (χ4n) is 6.68. The Morgan fingerprint density at radius 3 is 2.54 bits per heavy atom. The first kappa shape index (κ1) is 18.4. The van der Waals surface area contributed by atoms with Gasteiger partial charge in [0, 0.05) is 0 Å². The number of rotatable bonds is 3. The average molecular weight is 336 g/mol. The van der Waals surface area contributed by atoms with Crippen molar-refractivity contribution in [1.82, 2.24) is 0 Å². The third kappa shape index (κ3) is 2.77. The molecule has 0 aromatic heterocycles. The second-order valence-corrected chi connectivity index (χ2v) is 9.22. The predicted octanol–water partition coefficient (Wildman–Crippen LogP) is 3.64. The number of aliphatic hydroxyl groups excluding tert-OH is 2. The number of hydrogen-bond acceptors (Lipinski definition) is 3. The number of aliphatic hydroxyl groups is 2. The second-order valence-electron chi connectivity index (χ2n) is 9.22. The lowest BCUT2D eigenvalue weighted by Gasteiger charge is -2.55. The number of nitrogens with two attached hydrogens (primary N) is 1. The van der Waals surface area contributed by atoms with Gasteiger partial charge >= 0.3 is 0 Å². The van der Waals surface area contributed by atoms with Crippen molar-refractivity contribution in [3.8, 4) is 0 Å². The van der Waals surface area contributed by atoms with Crippen molar-refractivity contribution in [2.45, 2.75) is 84.3 Å². The normalized spacial score (nSPS) is 50.9. The van der Waals surface area contributed by atoms with E-state index in [0.717, 1.165) is 44.9 Å². The van der Waals surface area contributed by atoms with Crippen LogP contribution in [-0.2, 0) is 0 Å². The zero-order valence-corrected chi connectivity index (χ0v) is 15.8. The molecule has 4 N–H and O–H groups in total. The Hall–Kier alpha value is -0.380. The first-order chi connectivity index (χ1) is 11.4. The molecule has 0 bridgehead atoms. The Kier molecular flexibility index (Phi) is 5.17. The summed E-state index contributed by atoms with van der Waals surface area (Å²) in [7, 11) is 0. The van der Waals surface area contributed by atoms with Crippen molar-refractivity contribution in [3.05, 3.63) is 11.6 Å². The molecule has 0 heterocycles. The summed E-state index contributed by atoms with van der Waals surface area (Å²) in [5.74, 6) is 1.21. The summed E-state index contributed by atoms with van der Waals surface area (Å²) in [6.45, 7) is 7.59. The molecular weight excluding hydrogens is 298 g/mol. The highest BCUT2D eigenvalue weighted by Crippen LogP contribution is 2.61. The highest BCUT2D eigenvalue weighted by Gasteiger charge is 2.56. The van der Waals surface area contributed by atoms with Crippen LogP contribution in [0.4, 0.5) is 0 Å². The molecule has 138 valence electrons. The molecule has 0 radical (unpaired) electrons. The van der Waals surface area contributed by atoms with E-state index >= 15 is 0 Å². The number of hydrogen-bond donors (Lipinski definition) is 3. The topological polar surface area (TPSA) is 66.5 Å². The fourth-order valence-corrected chi connectivity index (χ4v) is 6.68. The number of allylic oxidation sites excluding steroid dienone is 2. The SMILES string of the molecule is CC=C1CCC2C(O)C(C3(C)CCC(O)CC3CCN)CCC12C. The van der Waals surface area contributed by atoms with Gasteiger partial charge in [-0.3, -0.25) is 0 Å². The van der Waals surface area contributed by atoms with Gasteiger partial charge in [-0.2, -0.15) is 0 Å². The van der Waals surface area contributed by atoms with Gasteiger partial charge in [-0.05, 0) is 93.4 Å². The Morgan fingerprint density at radius 1 is 1.12 bits per heavy atom. The van der Waals surface area contributed by atoms with Crippen molar-refractivity contribution in [1.29, 1.82) is 0 Å². The first-order valence-corrected chi connectivity index (χ1v) is 10.1. The summed E-state index contributed by atoms with van der Waals surface area (Å²) >= 11 is 0. The fraction of sp³-hybridized carbons (Fsp3) is 0.905. The standard InChI is InChI=1S/C21H37NO2/c1-4-14-5-6-17-19(24)18(8-11-20(14,17)2)21(3)10-7-16(23)13-15(21)9-12-22/h4,15-19,23-24H,5-13,22H2,1-3H3. The van der Waals surface area contributed by atoms with E-state index in [2.05, 4.69) is 26.8 Å². The van der Waals surface area contributed by atoms with Crippen LogP contribution in [0.15, 0.2) is 11.6 Å². The lowest BCUT2D eigenvalue weighted by molar-refractivity contribution is -0.119. The molecule has 0 aromatic carbocycles. The Labute approximate surface area is 147 Å². The van der Waals surface area contributed by atoms with E-state index in [1.54, 1.807) is 5.57 Å². The van der Waals surface area contributed by atoms with Crippen LogP contribution in [-0.4, -0.2) is 29.0 Å². The third-order valence-corrected chi connectivity index (χ3v) is 8.29. The molecule has 3 aliphatic rings. The second kappa shape index (κ2) is 6.74. The van der Waals surface area contributed by atoms with E-state index in [4.69, 9.17) is 5.73 Å². The van der Waals surface area contributed by atoms with Gasteiger partial charge in [0.25, 0.3) is 0 Å². The largest absolute Gasteiger partial charge is 0.393 e. The van der Waals surface area contributed by atoms with Gasteiger partial charge in [-0.15, -0.1) is 0 Å². The van der Waals surface area contributed by atoms with E-state index in [1.807, 2.05) is 0 Å². The molecular formula is C21H37NO2. The monoisotopic (exact) mass is 335 g/mol. The van der Waals surface area contributed by atoms with Gasteiger partial charge in [0.1, 0.15) is 0 Å². The van der Waals surface area contributed by atoms with E-state index < -0.39 is 0 Å². The van der Waals surface area contributed by atoms with Crippen molar-refractivity contribution in [3.63, 3.8) is 0 Å². The Balaban J connectivity index is 1.84. The minimum Gasteiger partial charge on any atom is -0.393 e. The molecule has 0 aliphatic heterocycles. The molecule has 3 saturated carbocycles. The molecule has 7 unspecified atom stereocenters. The first-order valence-electron chi connectivity index (χ1n) is 10.1. The quantitative estimate of drug-likeness (QED) is 0.690. The van der Waals surface area contributed by atoms with Crippen LogP contribution in [0.25, 0.3) is 0 Å². The van der Waals surface area contributed by atoms with Gasteiger partial charge in [0.05, 0.1) is 12.2 Å². The minimum absolute atomic E-state index is 0.123. The molecule has 24 heavy (non-hydrogen) atoms. The lowest BCUT2D eigenvalue weighted by Crippen LogP contribution is -2.53. The van der Waals surface area contributed by atoms with Crippen LogP contribution in [0.1, 0.15) is 72.1 Å². The lowest BCUT2D eigenvalue weighted by atomic mass is 9.51. The van der Waals surface area contributed by atoms with Crippen LogP contribution in [0.2, 0.25) is 0 Å². The van der Waals surface area contributed by atoms with Crippen molar-refractivity contribution in [2.75, 3.05) is 6.54 Å². The predicted molar refractivity (Wildman–Crippen MR) is 98.4 cm³/mol. The van der Waals surface area contributed by atoms with Gasteiger partial charge in [-0.25, -0.2) is 0 Å². The molecule has 3 nitrogen and oxygen atoms in total. The molecule has 0 spiro atoms. The van der Waals surface area contributed by atoms with Crippen LogP contribution >= 0.6 is 0 Å². The molecule has 0 saturated heterocycles. The van der Waals surface area contributed by atoms with Crippen molar-refractivity contribution < 1.29 is 10.2 Å². The zero-order valence-electron chi connectivity index (χ0n) is 15.8. The summed E-state index contributed by atoms with van der Waals surface area (Å²) in [6.07, 6.45) is 10.2. The van der Waals surface area contributed by atoms with Crippen LogP contribution in [0.5, 0.6) is 0 Å². The van der Waals surface area contributed by atoms with Gasteiger partial charge in [0.2, 0.25) is 0 Å². The van der Waals surface area contributed by atoms with Crippen molar-refractivity contribution >= 4 is 0 Å². The maximum atomic E-state index is 11.4. The Bertz CT molecular complexity index is 490. The summed E-state index contributed by atoms with van der Waals surface area (Å²) in [4.78, 5) is 0.